The Kier molecular flexibility index (Phi) is 5.51. The minimum Gasteiger partial charge on any atom is -0.368 e. The molecule has 1 saturated carbocycles. The largest absolute Gasteiger partial charge is 0.368 e. The van der Waals surface area contributed by atoms with E-state index in [0.29, 0.717) is 6.04 Å². The Bertz CT molecular complexity index is 397. The van der Waals surface area contributed by atoms with Crippen LogP contribution in [0, 0.1) is 0 Å². The van der Waals surface area contributed by atoms with E-state index in [-0.39, 0.29) is 0 Å². The molecule has 0 aromatic heterocycles. The summed E-state index contributed by atoms with van der Waals surface area (Å²) < 4.78 is 0.933. The number of thioether (sulfide) groups is 1. The third-order valence-electron chi connectivity index (χ3n) is 3.48. The summed E-state index contributed by atoms with van der Waals surface area (Å²) in [6.45, 7) is 2.19. The third-order valence-corrected chi connectivity index (χ3v) is 4.77. The molecule has 0 saturated heterocycles. The lowest BCUT2D eigenvalue weighted by Gasteiger charge is -2.24. The Labute approximate surface area is 120 Å². The van der Waals surface area contributed by atoms with Gasteiger partial charge in [0.2, 0.25) is 0 Å². The molecule has 1 fully saturated rings. The van der Waals surface area contributed by atoms with E-state index >= 15 is 0 Å². The summed E-state index contributed by atoms with van der Waals surface area (Å²) >= 11 is 7.19. The van der Waals surface area contributed by atoms with Crippen molar-refractivity contribution < 1.29 is 0 Å². The molecule has 0 bridgehead atoms. The number of hydrogen-bond donors (Lipinski definition) is 1. The quantitative estimate of drug-likeness (QED) is 0.644. The maximum absolute atomic E-state index is 5.48. The molecule has 1 aliphatic carbocycles. The van der Waals surface area contributed by atoms with Crippen molar-refractivity contribution >= 4 is 28.3 Å². The van der Waals surface area contributed by atoms with Crippen molar-refractivity contribution in [1.29, 1.82) is 0 Å². The minimum absolute atomic E-state index is 0.604. The van der Waals surface area contributed by atoms with Gasteiger partial charge in [-0.2, -0.15) is 0 Å². The van der Waals surface area contributed by atoms with E-state index in [0.717, 1.165) is 10.7 Å². The van der Waals surface area contributed by atoms with Crippen LogP contribution in [-0.4, -0.2) is 10.4 Å². The van der Waals surface area contributed by atoms with Crippen molar-refractivity contribution in [1.82, 2.24) is 5.32 Å². The monoisotopic (exact) mass is 279 g/mol. The smallest absolute Gasteiger partial charge is 0.138 e. The SMILES string of the molecule is CCc1ccccc1SC(=S)NC1CCCCC1. The highest BCUT2D eigenvalue weighted by atomic mass is 32.2. The Morgan fingerprint density at radius 1 is 1.28 bits per heavy atom. The van der Waals surface area contributed by atoms with Crippen LogP contribution in [0.3, 0.4) is 0 Å². The zero-order valence-electron chi connectivity index (χ0n) is 10.9. The van der Waals surface area contributed by atoms with E-state index < -0.39 is 0 Å². The van der Waals surface area contributed by atoms with Gasteiger partial charge in [-0.3, -0.25) is 0 Å². The number of thiocarbonyl (C=S) groups is 1. The first-order chi connectivity index (χ1) is 8.79. The first kappa shape index (κ1) is 13.9. The molecule has 1 nitrogen and oxygen atoms in total. The Hall–Kier alpha value is -0.540. The normalized spacial score (nSPS) is 16.5. The Balaban J connectivity index is 1.90. The van der Waals surface area contributed by atoms with E-state index in [1.807, 2.05) is 0 Å². The van der Waals surface area contributed by atoms with Gasteiger partial charge in [-0.05, 0) is 30.9 Å². The van der Waals surface area contributed by atoms with E-state index in [9.17, 15) is 0 Å². The lowest BCUT2D eigenvalue weighted by Crippen LogP contribution is -2.33. The summed E-state index contributed by atoms with van der Waals surface area (Å²) in [7, 11) is 0. The number of nitrogens with one attached hydrogen (secondary N) is 1. The van der Waals surface area contributed by atoms with Gasteiger partial charge in [0.1, 0.15) is 4.32 Å². The maximum Gasteiger partial charge on any atom is 0.138 e. The standard InChI is InChI=1S/C15H21NS2/c1-2-12-8-6-7-11-14(12)18-15(17)16-13-9-4-3-5-10-13/h6-8,11,13H,2-5,9-10H2,1H3,(H,16,17). The van der Waals surface area contributed by atoms with Crippen LogP contribution in [0.4, 0.5) is 0 Å². The van der Waals surface area contributed by atoms with Crippen LogP contribution < -0.4 is 5.32 Å². The molecule has 0 amide bonds. The van der Waals surface area contributed by atoms with Crippen LogP contribution in [0.25, 0.3) is 0 Å². The zero-order chi connectivity index (χ0) is 12.8. The highest BCUT2D eigenvalue weighted by Crippen LogP contribution is 2.25. The summed E-state index contributed by atoms with van der Waals surface area (Å²) in [5, 5.41) is 3.51. The average molecular weight is 279 g/mol. The molecule has 2 rings (SSSR count). The second-order valence-electron chi connectivity index (χ2n) is 4.83. The fourth-order valence-corrected chi connectivity index (χ4v) is 3.79. The molecular formula is C15H21NS2. The second kappa shape index (κ2) is 7.15. The predicted molar refractivity (Wildman–Crippen MR) is 84.3 cm³/mol. The molecule has 1 aromatic carbocycles. The summed E-state index contributed by atoms with van der Waals surface area (Å²) in [6.07, 6.45) is 7.69. The molecule has 98 valence electrons. The maximum atomic E-state index is 5.48. The van der Waals surface area contributed by atoms with Crippen molar-refractivity contribution in [3.8, 4) is 0 Å². The van der Waals surface area contributed by atoms with Gasteiger partial charge in [0.25, 0.3) is 0 Å². The molecule has 1 aliphatic rings. The third kappa shape index (κ3) is 3.99. The van der Waals surface area contributed by atoms with Crippen LogP contribution in [-0.2, 0) is 6.42 Å². The van der Waals surface area contributed by atoms with Gasteiger partial charge in [0.05, 0.1) is 0 Å². The van der Waals surface area contributed by atoms with Crippen LogP contribution in [0.2, 0.25) is 0 Å². The lowest BCUT2D eigenvalue weighted by molar-refractivity contribution is 0.416. The van der Waals surface area contributed by atoms with Gasteiger partial charge < -0.3 is 5.32 Å². The predicted octanol–water partition coefficient (Wildman–Crippen LogP) is 4.55. The molecule has 0 radical (unpaired) electrons. The first-order valence-electron chi connectivity index (χ1n) is 6.86. The minimum atomic E-state index is 0.604. The molecule has 1 aromatic rings. The van der Waals surface area contributed by atoms with Crippen LogP contribution in [0.15, 0.2) is 29.2 Å². The lowest BCUT2D eigenvalue weighted by atomic mass is 9.96. The number of aryl methyl sites for hydroxylation is 1. The Morgan fingerprint density at radius 3 is 2.72 bits per heavy atom. The topological polar surface area (TPSA) is 12.0 Å². The van der Waals surface area contributed by atoms with Crippen LogP contribution in [0.5, 0.6) is 0 Å². The molecule has 0 unspecified atom stereocenters. The molecule has 0 heterocycles. The fraction of sp³-hybridized carbons (Fsp3) is 0.533. The molecular weight excluding hydrogens is 258 g/mol. The van der Waals surface area contributed by atoms with E-state index in [1.165, 1.54) is 42.6 Å². The van der Waals surface area contributed by atoms with Crippen molar-refractivity contribution in [2.75, 3.05) is 0 Å². The van der Waals surface area contributed by atoms with Gasteiger partial charge in [-0.25, -0.2) is 0 Å². The van der Waals surface area contributed by atoms with Crippen LogP contribution >= 0.6 is 24.0 Å². The molecule has 0 spiro atoms. The summed E-state index contributed by atoms with van der Waals surface area (Å²) in [6, 6.07) is 9.14. The van der Waals surface area contributed by atoms with Crippen molar-refractivity contribution in [2.45, 2.75) is 56.4 Å². The molecule has 0 atom stereocenters. The molecule has 1 N–H and O–H groups in total. The first-order valence-corrected chi connectivity index (χ1v) is 8.08. The molecule has 0 aliphatic heterocycles. The highest BCUT2D eigenvalue weighted by molar-refractivity contribution is 8.23. The van der Waals surface area contributed by atoms with E-state index in [4.69, 9.17) is 12.2 Å². The van der Waals surface area contributed by atoms with E-state index in [1.54, 1.807) is 11.8 Å². The number of rotatable bonds is 3. The second-order valence-corrected chi connectivity index (χ2v) is 6.55. The summed E-state index contributed by atoms with van der Waals surface area (Å²) in [5.41, 5.74) is 1.38. The van der Waals surface area contributed by atoms with Gasteiger partial charge in [0.15, 0.2) is 0 Å². The van der Waals surface area contributed by atoms with Gasteiger partial charge in [-0.15, -0.1) is 0 Å². The number of benzene rings is 1. The Morgan fingerprint density at radius 2 is 2.00 bits per heavy atom. The number of hydrogen-bond acceptors (Lipinski definition) is 2. The molecule has 3 heteroatoms. The van der Waals surface area contributed by atoms with Crippen LogP contribution in [0.1, 0.15) is 44.6 Å². The highest BCUT2D eigenvalue weighted by Gasteiger charge is 2.14. The van der Waals surface area contributed by atoms with Crippen molar-refractivity contribution in [3.05, 3.63) is 29.8 Å². The summed E-state index contributed by atoms with van der Waals surface area (Å²) in [4.78, 5) is 1.30. The average Bonchev–Trinajstić information content (AvgIpc) is 2.40. The van der Waals surface area contributed by atoms with Gasteiger partial charge >= 0.3 is 0 Å². The summed E-state index contributed by atoms with van der Waals surface area (Å²) in [5.74, 6) is 0. The van der Waals surface area contributed by atoms with E-state index in [2.05, 4.69) is 36.5 Å². The van der Waals surface area contributed by atoms with Gasteiger partial charge in [-0.1, -0.05) is 68.4 Å². The van der Waals surface area contributed by atoms with Crippen molar-refractivity contribution in [2.24, 2.45) is 0 Å². The molecule has 18 heavy (non-hydrogen) atoms. The zero-order valence-corrected chi connectivity index (χ0v) is 12.6. The fourth-order valence-electron chi connectivity index (χ4n) is 2.44. The van der Waals surface area contributed by atoms with Crippen molar-refractivity contribution in [3.63, 3.8) is 0 Å². The van der Waals surface area contributed by atoms with Gasteiger partial charge in [0, 0.05) is 10.9 Å².